The number of halogens is 2. The van der Waals surface area contributed by atoms with Crippen LogP contribution in [0.4, 0.5) is 0 Å². The highest BCUT2D eigenvalue weighted by Gasteiger charge is 2.13. The molecule has 2 aromatic heterocycles. The first kappa shape index (κ1) is 29.5. The predicted molar refractivity (Wildman–Crippen MR) is 178 cm³/mol. The molecule has 8 heteroatoms. The zero-order chi connectivity index (χ0) is 29.5. The summed E-state index contributed by atoms with van der Waals surface area (Å²) in [5.74, 6) is 0.581. The minimum atomic E-state index is -1.51. The third-order valence-corrected chi connectivity index (χ3v) is 7.83. The molecule has 0 unspecified atom stereocenters. The molecular formula is C34H26BBr2N3O2. The number of aryl methyl sites for hydroxylation is 1. The minimum absolute atomic E-state index is 0.426. The summed E-state index contributed by atoms with van der Waals surface area (Å²) in [6.45, 7) is 2.02. The zero-order valence-corrected chi connectivity index (χ0v) is 25.9. The Labute approximate surface area is 262 Å². The van der Waals surface area contributed by atoms with E-state index in [0.29, 0.717) is 11.3 Å². The van der Waals surface area contributed by atoms with Gasteiger partial charge in [0, 0.05) is 27.4 Å². The standard InChI is InChI=1S/C28H21BN2O2.C6H5Br2N/c32-29(33)25-17-15-24(16-18-25)28-30-26(22-9-5-2-6-10-22)19-27(31-28)23-13-11-21(12-14-23)20-7-3-1-4-8-20;1-4-2-6(8)9-3-5(4)7/h1-19,32-33H;2-3H,1H3. The number of benzene rings is 4. The van der Waals surface area contributed by atoms with Crippen molar-refractivity contribution in [2.75, 3.05) is 0 Å². The molecule has 0 amide bonds. The van der Waals surface area contributed by atoms with E-state index in [1.54, 1.807) is 30.5 Å². The molecule has 0 aliphatic heterocycles. The molecule has 6 aromatic rings. The smallest absolute Gasteiger partial charge is 0.423 e. The molecule has 2 N–H and O–H groups in total. The molecule has 0 spiro atoms. The SMILES string of the molecule is Cc1cc(Br)ncc1Br.OB(O)c1ccc(-c2nc(-c3ccccc3)cc(-c3ccc(-c4ccccc4)cc3)n2)cc1. The summed E-state index contributed by atoms with van der Waals surface area (Å²) in [6.07, 6.45) is 1.78. The molecule has 0 bridgehead atoms. The summed E-state index contributed by atoms with van der Waals surface area (Å²) in [4.78, 5) is 13.7. The average molecular weight is 679 g/mol. The van der Waals surface area contributed by atoms with Crippen LogP contribution in [0.3, 0.4) is 0 Å². The Kier molecular flexibility index (Phi) is 9.72. The molecule has 0 atom stereocenters. The summed E-state index contributed by atoms with van der Waals surface area (Å²) in [5, 5.41) is 18.8. The van der Waals surface area contributed by atoms with E-state index in [1.165, 1.54) is 11.1 Å². The summed E-state index contributed by atoms with van der Waals surface area (Å²) >= 11 is 6.61. The maximum Gasteiger partial charge on any atom is 0.488 e. The van der Waals surface area contributed by atoms with Crippen LogP contribution >= 0.6 is 31.9 Å². The Hall–Kier alpha value is -3.95. The van der Waals surface area contributed by atoms with E-state index in [2.05, 4.69) is 73.2 Å². The van der Waals surface area contributed by atoms with Crippen molar-refractivity contribution < 1.29 is 10.0 Å². The Morgan fingerprint density at radius 2 is 1.05 bits per heavy atom. The fourth-order valence-corrected chi connectivity index (χ4v) is 4.92. The molecule has 0 saturated carbocycles. The molecular weight excluding hydrogens is 653 g/mol. The number of aromatic nitrogens is 3. The quantitative estimate of drug-likeness (QED) is 0.144. The van der Waals surface area contributed by atoms with Crippen molar-refractivity contribution in [2.24, 2.45) is 0 Å². The first-order valence-corrected chi connectivity index (χ1v) is 14.8. The second-order valence-electron chi connectivity index (χ2n) is 9.52. The third kappa shape index (κ3) is 7.46. The van der Waals surface area contributed by atoms with Gasteiger partial charge in [-0.3, -0.25) is 0 Å². The van der Waals surface area contributed by atoms with Crippen LogP contribution in [-0.4, -0.2) is 32.1 Å². The second-order valence-corrected chi connectivity index (χ2v) is 11.2. The van der Waals surface area contributed by atoms with Gasteiger partial charge in [-0.1, -0.05) is 109 Å². The van der Waals surface area contributed by atoms with Gasteiger partial charge in [0.25, 0.3) is 0 Å². The van der Waals surface area contributed by atoms with Gasteiger partial charge in [-0.15, -0.1) is 0 Å². The van der Waals surface area contributed by atoms with Gasteiger partial charge in [0.05, 0.1) is 11.4 Å². The zero-order valence-electron chi connectivity index (χ0n) is 22.7. The van der Waals surface area contributed by atoms with Gasteiger partial charge in [-0.2, -0.15) is 0 Å². The molecule has 42 heavy (non-hydrogen) atoms. The highest BCUT2D eigenvalue weighted by atomic mass is 79.9. The van der Waals surface area contributed by atoms with Crippen molar-refractivity contribution in [1.29, 1.82) is 0 Å². The van der Waals surface area contributed by atoms with Gasteiger partial charge in [-0.05, 0) is 73.1 Å². The van der Waals surface area contributed by atoms with Crippen LogP contribution in [0.25, 0.3) is 45.0 Å². The number of nitrogens with zero attached hydrogens (tertiary/aromatic N) is 3. The summed E-state index contributed by atoms with van der Waals surface area (Å²) in [5.41, 5.74) is 8.40. The highest BCUT2D eigenvalue weighted by molar-refractivity contribution is 9.11. The van der Waals surface area contributed by atoms with E-state index in [4.69, 9.17) is 9.97 Å². The molecule has 0 aliphatic carbocycles. The lowest BCUT2D eigenvalue weighted by Gasteiger charge is -2.10. The van der Waals surface area contributed by atoms with E-state index >= 15 is 0 Å². The van der Waals surface area contributed by atoms with Crippen LogP contribution in [0.1, 0.15) is 5.56 Å². The highest BCUT2D eigenvalue weighted by Crippen LogP contribution is 2.29. The van der Waals surface area contributed by atoms with Crippen molar-refractivity contribution >= 4 is 44.4 Å². The van der Waals surface area contributed by atoms with Crippen molar-refractivity contribution in [3.05, 3.63) is 142 Å². The van der Waals surface area contributed by atoms with Crippen molar-refractivity contribution in [3.8, 4) is 45.0 Å². The number of pyridine rings is 1. The van der Waals surface area contributed by atoms with Crippen LogP contribution in [0.15, 0.2) is 137 Å². The van der Waals surface area contributed by atoms with Gasteiger partial charge in [0.15, 0.2) is 5.82 Å². The maximum atomic E-state index is 9.40. The molecule has 6 rings (SSSR count). The van der Waals surface area contributed by atoms with Gasteiger partial charge < -0.3 is 10.0 Å². The summed E-state index contributed by atoms with van der Waals surface area (Å²) in [7, 11) is -1.51. The molecule has 0 fully saturated rings. The fourth-order valence-electron chi connectivity index (χ4n) is 4.25. The molecule has 2 heterocycles. The van der Waals surface area contributed by atoms with Crippen LogP contribution in [-0.2, 0) is 0 Å². The summed E-state index contributed by atoms with van der Waals surface area (Å²) < 4.78 is 1.92. The van der Waals surface area contributed by atoms with Gasteiger partial charge in [0.1, 0.15) is 4.60 Å². The number of rotatable bonds is 5. The van der Waals surface area contributed by atoms with E-state index in [0.717, 1.165) is 42.7 Å². The number of hydrogen-bond donors (Lipinski definition) is 2. The Morgan fingerprint density at radius 1 is 0.571 bits per heavy atom. The van der Waals surface area contributed by atoms with E-state index < -0.39 is 7.12 Å². The van der Waals surface area contributed by atoms with Crippen LogP contribution in [0, 0.1) is 6.92 Å². The Balaban J connectivity index is 0.000000336. The Morgan fingerprint density at radius 3 is 1.57 bits per heavy atom. The lowest BCUT2D eigenvalue weighted by atomic mass is 9.80. The lowest BCUT2D eigenvalue weighted by molar-refractivity contribution is 0.426. The molecule has 5 nitrogen and oxygen atoms in total. The number of hydrogen-bond acceptors (Lipinski definition) is 5. The van der Waals surface area contributed by atoms with Crippen molar-refractivity contribution in [2.45, 2.75) is 6.92 Å². The third-order valence-electron chi connectivity index (χ3n) is 6.56. The molecule has 4 aromatic carbocycles. The molecule has 0 aliphatic rings. The average Bonchev–Trinajstić information content (AvgIpc) is 3.04. The molecule has 0 saturated heterocycles. The van der Waals surface area contributed by atoms with Crippen LogP contribution < -0.4 is 5.46 Å². The molecule has 0 radical (unpaired) electrons. The van der Waals surface area contributed by atoms with E-state index in [-0.39, 0.29) is 0 Å². The van der Waals surface area contributed by atoms with E-state index in [1.807, 2.05) is 67.6 Å². The Bertz CT molecular complexity index is 1770. The largest absolute Gasteiger partial charge is 0.488 e. The van der Waals surface area contributed by atoms with Crippen molar-refractivity contribution in [1.82, 2.24) is 15.0 Å². The summed E-state index contributed by atoms with van der Waals surface area (Å²) in [6, 6.07) is 39.6. The first-order chi connectivity index (χ1) is 20.4. The minimum Gasteiger partial charge on any atom is -0.423 e. The first-order valence-electron chi connectivity index (χ1n) is 13.2. The van der Waals surface area contributed by atoms with Gasteiger partial charge >= 0.3 is 7.12 Å². The second kappa shape index (κ2) is 13.8. The van der Waals surface area contributed by atoms with Gasteiger partial charge in [-0.25, -0.2) is 15.0 Å². The fraction of sp³-hybridized carbons (Fsp3) is 0.0294. The maximum absolute atomic E-state index is 9.40. The topological polar surface area (TPSA) is 79.1 Å². The van der Waals surface area contributed by atoms with Crippen molar-refractivity contribution in [3.63, 3.8) is 0 Å². The van der Waals surface area contributed by atoms with Gasteiger partial charge in [0.2, 0.25) is 0 Å². The van der Waals surface area contributed by atoms with E-state index in [9.17, 15) is 10.0 Å². The van der Waals surface area contributed by atoms with Crippen LogP contribution in [0.5, 0.6) is 0 Å². The predicted octanol–water partition coefficient (Wildman–Crippen LogP) is 7.74. The lowest BCUT2D eigenvalue weighted by Crippen LogP contribution is -2.29. The molecule has 206 valence electrons. The van der Waals surface area contributed by atoms with Crippen LogP contribution in [0.2, 0.25) is 0 Å². The monoisotopic (exact) mass is 677 g/mol. The normalized spacial score (nSPS) is 10.5.